The summed E-state index contributed by atoms with van der Waals surface area (Å²) < 4.78 is 19.3. The van der Waals surface area contributed by atoms with Gasteiger partial charge in [0.1, 0.15) is 18.2 Å². The fourth-order valence-corrected chi connectivity index (χ4v) is 2.43. The maximum absolute atomic E-state index is 13.6. The van der Waals surface area contributed by atoms with Gasteiger partial charge >= 0.3 is 5.97 Å². The normalized spacial score (nSPS) is 10.5. The zero-order valence-corrected chi connectivity index (χ0v) is 12.4. The summed E-state index contributed by atoms with van der Waals surface area (Å²) in [5.41, 5.74) is 1.99. The van der Waals surface area contributed by atoms with Crippen molar-refractivity contribution in [3.8, 4) is 5.75 Å². The van der Waals surface area contributed by atoms with E-state index >= 15 is 0 Å². The maximum atomic E-state index is 13.6. The SMILES string of the molecule is Cc1cc(Cl)cc(C)c1OCc1ccc(C(=O)O)c(F)c1. The van der Waals surface area contributed by atoms with Crippen molar-refractivity contribution in [2.75, 3.05) is 0 Å². The fraction of sp³-hybridized carbons (Fsp3) is 0.188. The molecule has 0 atom stereocenters. The molecule has 21 heavy (non-hydrogen) atoms. The molecule has 0 heterocycles. The molecule has 0 spiro atoms. The summed E-state index contributed by atoms with van der Waals surface area (Å²) in [5, 5.41) is 9.41. The number of hydrogen-bond donors (Lipinski definition) is 1. The van der Waals surface area contributed by atoms with E-state index in [2.05, 4.69) is 0 Å². The van der Waals surface area contributed by atoms with E-state index in [-0.39, 0.29) is 12.2 Å². The molecule has 3 nitrogen and oxygen atoms in total. The summed E-state index contributed by atoms with van der Waals surface area (Å²) >= 11 is 5.95. The topological polar surface area (TPSA) is 46.5 Å². The summed E-state index contributed by atoms with van der Waals surface area (Å²) in [4.78, 5) is 10.7. The van der Waals surface area contributed by atoms with Crippen LogP contribution in [0.5, 0.6) is 5.75 Å². The van der Waals surface area contributed by atoms with Crippen LogP contribution in [0.3, 0.4) is 0 Å². The Balaban J connectivity index is 2.17. The Morgan fingerprint density at radius 1 is 1.24 bits per heavy atom. The molecular weight excluding hydrogens is 295 g/mol. The minimum Gasteiger partial charge on any atom is -0.488 e. The quantitative estimate of drug-likeness (QED) is 0.912. The van der Waals surface area contributed by atoms with E-state index in [4.69, 9.17) is 21.4 Å². The number of hydrogen-bond acceptors (Lipinski definition) is 2. The predicted octanol–water partition coefficient (Wildman–Crippen LogP) is 4.37. The van der Waals surface area contributed by atoms with E-state index < -0.39 is 11.8 Å². The van der Waals surface area contributed by atoms with Crippen LogP contribution in [0.25, 0.3) is 0 Å². The smallest absolute Gasteiger partial charge is 0.338 e. The van der Waals surface area contributed by atoms with E-state index in [1.54, 1.807) is 12.1 Å². The molecule has 2 rings (SSSR count). The van der Waals surface area contributed by atoms with Crippen molar-refractivity contribution < 1.29 is 19.0 Å². The molecule has 2 aromatic carbocycles. The summed E-state index contributed by atoms with van der Waals surface area (Å²) in [6, 6.07) is 7.52. The third-order valence-electron chi connectivity index (χ3n) is 3.07. The number of carboxylic acids is 1. The Labute approximate surface area is 126 Å². The summed E-state index contributed by atoms with van der Waals surface area (Å²) in [5.74, 6) is -1.36. The number of halogens is 2. The molecule has 2 aromatic rings. The van der Waals surface area contributed by atoms with Crippen LogP contribution < -0.4 is 4.74 Å². The van der Waals surface area contributed by atoms with Crippen LogP contribution in [0, 0.1) is 19.7 Å². The predicted molar refractivity (Wildman–Crippen MR) is 78.6 cm³/mol. The molecule has 0 aromatic heterocycles. The molecule has 0 aliphatic rings. The lowest BCUT2D eigenvalue weighted by Crippen LogP contribution is -2.03. The van der Waals surface area contributed by atoms with Gasteiger partial charge in [0.25, 0.3) is 0 Å². The van der Waals surface area contributed by atoms with Crippen molar-refractivity contribution >= 4 is 17.6 Å². The highest BCUT2D eigenvalue weighted by Gasteiger charge is 2.11. The van der Waals surface area contributed by atoms with Gasteiger partial charge in [0.05, 0.1) is 5.56 Å². The zero-order valence-electron chi connectivity index (χ0n) is 11.6. The first-order valence-corrected chi connectivity index (χ1v) is 6.67. The molecule has 0 unspecified atom stereocenters. The standard InChI is InChI=1S/C16H14ClFO3/c1-9-5-12(17)6-10(2)15(9)21-8-11-3-4-13(16(19)20)14(18)7-11/h3-7H,8H2,1-2H3,(H,19,20). The highest BCUT2D eigenvalue weighted by atomic mass is 35.5. The van der Waals surface area contributed by atoms with Crippen molar-refractivity contribution in [3.05, 3.63) is 63.4 Å². The monoisotopic (exact) mass is 308 g/mol. The largest absolute Gasteiger partial charge is 0.488 e. The lowest BCUT2D eigenvalue weighted by molar-refractivity contribution is 0.0692. The first kappa shape index (κ1) is 15.3. The van der Waals surface area contributed by atoms with Crippen LogP contribution in [0.15, 0.2) is 30.3 Å². The van der Waals surface area contributed by atoms with Crippen molar-refractivity contribution in [1.82, 2.24) is 0 Å². The molecule has 0 saturated carbocycles. The molecule has 110 valence electrons. The molecule has 0 aliphatic carbocycles. The third-order valence-corrected chi connectivity index (χ3v) is 3.29. The number of carbonyl (C=O) groups is 1. The van der Waals surface area contributed by atoms with Gasteiger partial charge in [-0.15, -0.1) is 0 Å². The molecule has 0 amide bonds. The fourth-order valence-electron chi connectivity index (χ4n) is 2.10. The van der Waals surface area contributed by atoms with Gasteiger partial charge in [-0.2, -0.15) is 0 Å². The number of carboxylic acid groups (broad SMARTS) is 1. The van der Waals surface area contributed by atoms with Gasteiger partial charge in [0.2, 0.25) is 0 Å². The minimum atomic E-state index is -1.29. The van der Waals surface area contributed by atoms with Crippen LogP contribution in [0.4, 0.5) is 4.39 Å². The maximum Gasteiger partial charge on any atom is 0.338 e. The molecule has 0 bridgehead atoms. The van der Waals surface area contributed by atoms with Crippen molar-refractivity contribution in [2.45, 2.75) is 20.5 Å². The van der Waals surface area contributed by atoms with Gasteiger partial charge in [-0.25, -0.2) is 9.18 Å². The van der Waals surface area contributed by atoms with Crippen molar-refractivity contribution in [3.63, 3.8) is 0 Å². The summed E-state index contributed by atoms with van der Waals surface area (Å²) in [6.45, 7) is 3.91. The Bertz CT molecular complexity index is 675. The summed E-state index contributed by atoms with van der Waals surface area (Å²) in [7, 11) is 0. The van der Waals surface area contributed by atoms with Crippen LogP contribution in [-0.4, -0.2) is 11.1 Å². The number of aryl methyl sites for hydroxylation is 2. The molecular formula is C16H14ClFO3. The van der Waals surface area contributed by atoms with E-state index in [0.29, 0.717) is 16.3 Å². The van der Waals surface area contributed by atoms with Gasteiger partial charge in [0.15, 0.2) is 0 Å². The number of ether oxygens (including phenoxy) is 1. The van der Waals surface area contributed by atoms with E-state index in [9.17, 15) is 9.18 Å². The first-order valence-electron chi connectivity index (χ1n) is 6.29. The molecule has 1 N–H and O–H groups in total. The lowest BCUT2D eigenvalue weighted by Gasteiger charge is -2.13. The minimum absolute atomic E-state index is 0.153. The highest BCUT2D eigenvalue weighted by molar-refractivity contribution is 6.30. The molecule has 0 aliphatic heterocycles. The Hall–Kier alpha value is -2.07. The molecule has 0 saturated heterocycles. The van der Waals surface area contributed by atoms with E-state index in [1.807, 2.05) is 13.8 Å². The zero-order chi connectivity index (χ0) is 15.6. The second-order valence-corrected chi connectivity index (χ2v) is 5.21. The summed E-state index contributed by atoms with van der Waals surface area (Å²) in [6.07, 6.45) is 0. The molecule has 0 radical (unpaired) electrons. The third kappa shape index (κ3) is 3.52. The van der Waals surface area contributed by atoms with Crippen LogP contribution in [0.1, 0.15) is 27.0 Å². The average molecular weight is 309 g/mol. The van der Waals surface area contributed by atoms with Crippen LogP contribution in [-0.2, 0) is 6.61 Å². The molecule has 0 fully saturated rings. The number of benzene rings is 2. The Kier molecular flexibility index (Phi) is 4.48. The van der Waals surface area contributed by atoms with Gasteiger partial charge in [-0.05, 0) is 54.8 Å². The highest BCUT2D eigenvalue weighted by Crippen LogP contribution is 2.27. The van der Waals surface area contributed by atoms with Gasteiger partial charge in [-0.3, -0.25) is 0 Å². The number of rotatable bonds is 4. The molecule has 5 heteroatoms. The lowest BCUT2D eigenvalue weighted by atomic mass is 10.1. The first-order chi connectivity index (χ1) is 9.88. The van der Waals surface area contributed by atoms with Gasteiger partial charge in [0, 0.05) is 5.02 Å². The van der Waals surface area contributed by atoms with Gasteiger partial charge < -0.3 is 9.84 Å². The van der Waals surface area contributed by atoms with Crippen molar-refractivity contribution in [1.29, 1.82) is 0 Å². The second kappa shape index (κ2) is 6.14. The Morgan fingerprint density at radius 2 is 1.86 bits per heavy atom. The average Bonchev–Trinajstić information content (AvgIpc) is 2.36. The van der Waals surface area contributed by atoms with E-state index in [1.165, 1.54) is 18.2 Å². The van der Waals surface area contributed by atoms with Gasteiger partial charge in [-0.1, -0.05) is 17.7 Å². The van der Waals surface area contributed by atoms with Crippen LogP contribution >= 0.6 is 11.6 Å². The number of aromatic carboxylic acids is 1. The Morgan fingerprint density at radius 3 is 2.38 bits per heavy atom. The van der Waals surface area contributed by atoms with Crippen molar-refractivity contribution in [2.24, 2.45) is 0 Å². The second-order valence-electron chi connectivity index (χ2n) is 4.78. The van der Waals surface area contributed by atoms with E-state index in [0.717, 1.165) is 11.1 Å². The van der Waals surface area contributed by atoms with Crippen LogP contribution in [0.2, 0.25) is 5.02 Å².